The summed E-state index contributed by atoms with van der Waals surface area (Å²) in [5, 5.41) is 0. The Morgan fingerprint density at radius 2 is 1.10 bits per heavy atom. The van der Waals surface area contributed by atoms with Gasteiger partial charge in [-0.15, -0.1) is 0 Å². The Kier molecular flexibility index (Phi) is 4.20. The van der Waals surface area contributed by atoms with E-state index in [0.717, 1.165) is 34.8 Å². The average Bonchev–Trinajstić information content (AvgIpc) is 2.61. The van der Waals surface area contributed by atoms with Gasteiger partial charge in [-0.2, -0.15) is 0 Å². The van der Waals surface area contributed by atoms with Gasteiger partial charge in [0.1, 0.15) is 11.5 Å². The first-order valence-corrected chi connectivity index (χ1v) is 10.1. The van der Waals surface area contributed by atoms with Gasteiger partial charge in [-0.25, -0.2) is 0 Å². The summed E-state index contributed by atoms with van der Waals surface area (Å²) >= 11 is 0. The van der Waals surface area contributed by atoms with Gasteiger partial charge in [0, 0.05) is 34.8 Å². The lowest BCUT2D eigenvalue weighted by Crippen LogP contribution is -2.56. The number of benzene rings is 2. The number of hydrogen-bond acceptors (Lipinski definition) is 4. The minimum atomic E-state index is -0.937. The average molecular weight is 392 g/mol. The Labute approximate surface area is 172 Å². The molecule has 0 atom stereocenters. The third-order valence-electron chi connectivity index (χ3n) is 6.23. The molecule has 29 heavy (non-hydrogen) atoms. The Balaban J connectivity index is 1.91. The van der Waals surface area contributed by atoms with E-state index in [1.165, 1.54) is 0 Å². The molecular formula is C25H28O4. The van der Waals surface area contributed by atoms with Crippen LogP contribution in [0.15, 0.2) is 24.3 Å². The van der Waals surface area contributed by atoms with Crippen molar-refractivity contribution in [2.45, 2.75) is 71.0 Å². The summed E-state index contributed by atoms with van der Waals surface area (Å²) in [6, 6.07) is 7.89. The molecule has 2 aliphatic rings. The third-order valence-corrected chi connectivity index (χ3v) is 6.23. The Bertz CT molecular complexity index is 946. The van der Waals surface area contributed by atoms with Gasteiger partial charge in [-0.05, 0) is 37.1 Å². The minimum Gasteiger partial charge on any atom is -0.451 e. The van der Waals surface area contributed by atoms with Gasteiger partial charge >= 0.3 is 0 Å². The van der Waals surface area contributed by atoms with E-state index < -0.39 is 5.79 Å². The fraction of sp³-hybridized carbons (Fsp3) is 0.440. The number of carbonyl (C=O) groups excluding carboxylic acids is 2. The fourth-order valence-corrected chi connectivity index (χ4v) is 5.15. The van der Waals surface area contributed by atoms with Crippen LogP contribution in [0.25, 0.3) is 0 Å². The molecule has 0 bridgehead atoms. The van der Waals surface area contributed by atoms with E-state index in [1.54, 1.807) is 0 Å². The molecule has 2 aromatic rings. The molecule has 2 heterocycles. The summed E-state index contributed by atoms with van der Waals surface area (Å²) in [7, 11) is 0. The molecule has 152 valence electrons. The number of rotatable bonds is 2. The van der Waals surface area contributed by atoms with E-state index in [1.807, 2.05) is 26.0 Å². The van der Waals surface area contributed by atoms with Gasteiger partial charge in [0.25, 0.3) is 5.79 Å². The van der Waals surface area contributed by atoms with Gasteiger partial charge < -0.3 is 9.47 Å². The SMILES string of the molecule is Cc1cc(C=O)c2c(c1)C(C)(C)CC1(CC(C)(C)c3cc(C)cc(C=O)c3O1)O2. The van der Waals surface area contributed by atoms with Crippen LogP contribution < -0.4 is 9.47 Å². The van der Waals surface area contributed by atoms with Crippen LogP contribution in [-0.4, -0.2) is 18.4 Å². The molecule has 1 spiro atoms. The standard InChI is InChI=1S/C25H28O4/c1-15-7-17(11-26)21-19(9-15)23(3,4)13-25(28-21)14-24(5,6)20-10-16(2)8-18(12-27)22(20)29-25/h7-12H,13-14H2,1-6H3. The van der Waals surface area contributed by atoms with E-state index in [0.29, 0.717) is 35.5 Å². The van der Waals surface area contributed by atoms with Crippen molar-refractivity contribution in [3.8, 4) is 11.5 Å². The summed E-state index contributed by atoms with van der Waals surface area (Å²) in [5.74, 6) is 0.259. The van der Waals surface area contributed by atoms with Gasteiger partial charge in [0.2, 0.25) is 0 Å². The quantitative estimate of drug-likeness (QED) is 0.638. The van der Waals surface area contributed by atoms with Crippen molar-refractivity contribution in [1.29, 1.82) is 0 Å². The molecular weight excluding hydrogens is 364 g/mol. The number of aryl methyl sites for hydroxylation is 2. The second-order valence-corrected chi connectivity index (χ2v) is 9.93. The second kappa shape index (κ2) is 6.19. The molecule has 4 heteroatoms. The van der Waals surface area contributed by atoms with Crippen molar-refractivity contribution < 1.29 is 19.1 Å². The summed E-state index contributed by atoms with van der Waals surface area (Å²) in [6.45, 7) is 12.6. The zero-order valence-electron chi connectivity index (χ0n) is 18.0. The highest BCUT2D eigenvalue weighted by Crippen LogP contribution is 2.54. The summed E-state index contributed by atoms with van der Waals surface area (Å²) < 4.78 is 13.1. The lowest BCUT2D eigenvalue weighted by molar-refractivity contribution is -0.166. The van der Waals surface area contributed by atoms with Crippen LogP contribution in [0.1, 0.15) is 83.5 Å². The molecule has 0 aliphatic carbocycles. The first-order chi connectivity index (χ1) is 13.5. The first kappa shape index (κ1) is 19.7. The van der Waals surface area contributed by atoms with Crippen molar-refractivity contribution in [1.82, 2.24) is 0 Å². The van der Waals surface area contributed by atoms with Crippen LogP contribution >= 0.6 is 0 Å². The highest BCUT2D eigenvalue weighted by Gasteiger charge is 2.54. The van der Waals surface area contributed by atoms with Crippen LogP contribution in [0.3, 0.4) is 0 Å². The number of ether oxygens (including phenoxy) is 2. The second-order valence-electron chi connectivity index (χ2n) is 9.93. The Morgan fingerprint density at radius 3 is 1.45 bits per heavy atom. The zero-order chi connectivity index (χ0) is 21.2. The number of aldehydes is 2. The lowest BCUT2D eigenvalue weighted by Gasteiger charge is -2.51. The van der Waals surface area contributed by atoms with Crippen molar-refractivity contribution >= 4 is 12.6 Å². The number of fused-ring (bicyclic) bond motifs is 2. The number of carbonyl (C=O) groups is 2. The van der Waals surface area contributed by atoms with Crippen LogP contribution in [0.5, 0.6) is 11.5 Å². The van der Waals surface area contributed by atoms with Crippen LogP contribution in [0.2, 0.25) is 0 Å². The van der Waals surface area contributed by atoms with Crippen LogP contribution in [0, 0.1) is 13.8 Å². The van der Waals surface area contributed by atoms with E-state index in [-0.39, 0.29) is 10.8 Å². The smallest absolute Gasteiger partial charge is 0.253 e. The molecule has 0 fully saturated rings. The maximum atomic E-state index is 11.8. The predicted octanol–water partition coefficient (Wildman–Crippen LogP) is 5.45. The van der Waals surface area contributed by atoms with E-state index in [2.05, 4.69) is 39.8 Å². The maximum absolute atomic E-state index is 11.8. The molecule has 4 nitrogen and oxygen atoms in total. The van der Waals surface area contributed by atoms with E-state index >= 15 is 0 Å². The van der Waals surface area contributed by atoms with Gasteiger partial charge in [0.05, 0.1) is 11.1 Å². The lowest BCUT2D eigenvalue weighted by atomic mass is 9.68. The monoisotopic (exact) mass is 392 g/mol. The maximum Gasteiger partial charge on any atom is 0.253 e. The molecule has 2 aliphatic heterocycles. The highest BCUT2D eigenvalue weighted by molar-refractivity contribution is 5.82. The minimum absolute atomic E-state index is 0.253. The van der Waals surface area contributed by atoms with Crippen molar-refractivity contribution in [2.24, 2.45) is 0 Å². The Hall–Kier alpha value is -2.62. The highest BCUT2D eigenvalue weighted by atomic mass is 16.7. The molecule has 0 unspecified atom stereocenters. The first-order valence-electron chi connectivity index (χ1n) is 10.1. The summed E-state index contributed by atoms with van der Waals surface area (Å²) in [4.78, 5) is 23.6. The molecule has 2 aromatic carbocycles. The third kappa shape index (κ3) is 3.06. The van der Waals surface area contributed by atoms with Crippen LogP contribution in [0.4, 0.5) is 0 Å². The summed E-state index contributed by atoms with van der Waals surface area (Å²) in [6.07, 6.45) is 2.96. The molecule has 0 aromatic heterocycles. The van der Waals surface area contributed by atoms with Gasteiger partial charge in [0.15, 0.2) is 12.6 Å². The van der Waals surface area contributed by atoms with Crippen molar-refractivity contribution in [2.75, 3.05) is 0 Å². The molecule has 4 rings (SSSR count). The largest absolute Gasteiger partial charge is 0.451 e. The Morgan fingerprint density at radius 1 is 0.724 bits per heavy atom. The van der Waals surface area contributed by atoms with Crippen LogP contribution in [-0.2, 0) is 10.8 Å². The molecule has 0 N–H and O–H groups in total. The summed E-state index contributed by atoms with van der Waals surface area (Å²) in [5.41, 5.74) is 4.69. The van der Waals surface area contributed by atoms with E-state index in [9.17, 15) is 9.59 Å². The topological polar surface area (TPSA) is 52.6 Å². The molecule has 0 amide bonds. The number of hydrogen-bond donors (Lipinski definition) is 0. The van der Waals surface area contributed by atoms with Gasteiger partial charge in [-0.1, -0.05) is 39.8 Å². The fourth-order valence-electron chi connectivity index (χ4n) is 5.15. The van der Waals surface area contributed by atoms with Crippen molar-refractivity contribution in [3.05, 3.63) is 57.6 Å². The van der Waals surface area contributed by atoms with Gasteiger partial charge in [-0.3, -0.25) is 9.59 Å². The van der Waals surface area contributed by atoms with Crippen molar-refractivity contribution in [3.63, 3.8) is 0 Å². The van der Waals surface area contributed by atoms with E-state index in [4.69, 9.17) is 9.47 Å². The molecule has 0 saturated heterocycles. The zero-order valence-corrected chi connectivity index (χ0v) is 18.0. The molecule has 0 radical (unpaired) electrons. The predicted molar refractivity (Wildman–Crippen MR) is 112 cm³/mol. The molecule has 0 saturated carbocycles. The normalized spacial score (nSPS) is 20.1.